The van der Waals surface area contributed by atoms with E-state index in [1.807, 2.05) is 95.9 Å². The number of carbonyl (C=O) groups excluding carboxylic acids is 2. The molecular formula is C37H35N5O4. The Morgan fingerprint density at radius 1 is 0.696 bits per heavy atom. The maximum atomic E-state index is 14.3. The zero-order chi connectivity index (χ0) is 31.6. The fourth-order valence-corrected chi connectivity index (χ4v) is 6.44. The lowest BCUT2D eigenvalue weighted by atomic mass is 10.0. The molecule has 0 saturated carbocycles. The van der Waals surface area contributed by atoms with Crippen LogP contribution in [0.2, 0.25) is 0 Å². The molecule has 9 heteroatoms. The number of ether oxygens (including phenoxy) is 2. The van der Waals surface area contributed by atoms with E-state index in [9.17, 15) is 9.59 Å². The molecule has 0 spiro atoms. The lowest BCUT2D eigenvalue weighted by molar-refractivity contribution is 0.0735. The number of methoxy groups -OCH3 is 2. The van der Waals surface area contributed by atoms with Crippen LogP contribution in [-0.4, -0.2) is 66.7 Å². The molecule has 2 amide bonds. The average Bonchev–Trinajstić information content (AvgIpc) is 3.43. The molecule has 2 aliphatic rings. The number of amides is 2. The highest BCUT2D eigenvalue weighted by atomic mass is 16.5. The van der Waals surface area contributed by atoms with Crippen molar-refractivity contribution in [1.29, 1.82) is 0 Å². The van der Waals surface area contributed by atoms with Gasteiger partial charge in [-0.1, -0.05) is 42.5 Å². The minimum Gasteiger partial charge on any atom is -0.496 e. The Bertz CT molecular complexity index is 1900. The summed E-state index contributed by atoms with van der Waals surface area (Å²) in [6.45, 7) is 3.50. The third kappa shape index (κ3) is 5.34. The molecule has 0 atom stereocenters. The molecule has 0 aliphatic carbocycles. The summed E-state index contributed by atoms with van der Waals surface area (Å²) in [5.41, 5.74) is 5.56. The lowest BCUT2D eigenvalue weighted by Gasteiger charge is -2.35. The van der Waals surface area contributed by atoms with E-state index in [1.54, 1.807) is 31.4 Å². The topological polar surface area (TPSA) is 80.1 Å². The summed E-state index contributed by atoms with van der Waals surface area (Å²) < 4.78 is 13.4. The van der Waals surface area contributed by atoms with Gasteiger partial charge in [0.05, 0.1) is 27.3 Å². The summed E-state index contributed by atoms with van der Waals surface area (Å²) in [4.78, 5) is 38.5. The van der Waals surface area contributed by atoms with Gasteiger partial charge in [0.15, 0.2) is 0 Å². The monoisotopic (exact) mass is 613 g/mol. The van der Waals surface area contributed by atoms with Gasteiger partial charge in [-0.3, -0.25) is 9.59 Å². The minimum atomic E-state index is -0.148. The molecule has 0 unspecified atom stereocenters. The smallest absolute Gasteiger partial charge is 0.270 e. The minimum absolute atomic E-state index is 0.000781. The summed E-state index contributed by atoms with van der Waals surface area (Å²) >= 11 is 0. The van der Waals surface area contributed by atoms with Crippen LogP contribution in [0.3, 0.4) is 0 Å². The van der Waals surface area contributed by atoms with Crippen molar-refractivity contribution in [2.24, 2.45) is 0 Å². The zero-order valence-corrected chi connectivity index (χ0v) is 25.9. The second-order valence-corrected chi connectivity index (χ2v) is 11.4. The molecule has 232 valence electrons. The van der Waals surface area contributed by atoms with E-state index in [1.165, 1.54) is 0 Å². The van der Waals surface area contributed by atoms with Crippen LogP contribution in [0.1, 0.15) is 32.1 Å². The Balaban J connectivity index is 1.16. The number of fused-ring (bicyclic) bond motifs is 2. The Labute approximate surface area is 268 Å². The van der Waals surface area contributed by atoms with Crippen molar-refractivity contribution in [3.05, 3.63) is 126 Å². The first-order chi connectivity index (χ1) is 22.6. The number of para-hydroxylation sites is 2. The van der Waals surface area contributed by atoms with Crippen LogP contribution in [0.5, 0.6) is 11.5 Å². The van der Waals surface area contributed by atoms with Gasteiger partial charge >= 0.3 is 0 Å². The van der Waals surface area contributed by atoms with Gasteiger partial charge in [0.25, 0.3) is 11.8 Å². The predicted octanol–water partition coefficient (Wildman–Crippen LogP) is 5.74. The number of benzene rings is 3. The number of piperazine rings is 1. The highest BCUT2D eigenvalue weighted by molar-refractivity contribution is 6.07. The third-order valence-electron chi connectivity index (χ3n) is 8.85. The molecule has 46 heavy (non-hydrogen) atoms. The molecule has 1 fully saturated rings. The highest BCUT2D eigenvalue weighted by Gasteiger charge is 2.30. The van der Waals surface area contributed by atoms with Crippen LogP contribution in [0.25, 0.3) is 11.1 Å². The molecule has 1 saturated heterocycles. The van der Waals surface area contributed by atoms with E-state index < -0.39 is 0 Å². The first-order valence-corrected chi connectivity index (χ1v) is 15.4. The molecule has 0 radical (unpaired) electrons. The Hall–Kier alpha value is -5.57. The van der Waals surface area contributed by atoms with E-state index in [2.05, 4.69) is 14.5 Å². The maximum absolute atomic E-state index is 14.3. The van der Waals surface area contributed by atoms with Gasteiger partial charge in [0.1, 0.15) is 23.0 Å². The fourth-order valence-electron chi connectivity index (χ4n) is 6.44. The molecule has 0 bridgehead atoms. The maximum Gasteiger partial charge on any atom is 0.270 e. The molecule has 2 aromatic heterocycles. The van der Waals surface area contributed by atoms with Crippen LogP contribution in [-0.2, 0) is 13.1 Å². The number of hydrogen-bond acceptors (Lipinski definition) is 6. The van der Waals surface area contributed by atoms with Gasteiger partial charge in [-0.25, -0.2) is 4.98 Å². The van der Waals surface area contributed by atoms with Crippen molar-refractivity contribution < 1.29 is 19.1 Å². The largest absolute Gasteiger partial charge is 0.496 e. The Morgan fingerprint density at radius 2 is 1.43 bits per heavy atom. The summed E-state index contributed by atoms with van der Waals surface area (Å²) in [5, 5.41) is 0. The van der Waals surface area contributed by atoms with Crippen molar-refractivity contribution in [3.8, 4) is 22.6 Å². The van der Waals surface area contributed by atoms with E-state index in [0.717, 1.165) is 52.7 Å². The molecule has 4 heterocycles. The van der Waals surface area contributed by atoms with Crippen LogP contribution in [0.15, 0.2) is 103 Å². The van der Waals surface area contributed by atoms with Gasteiger partial charge in [0, 0.05) is 60.4 Å². The predicted molar refractivity (Wildman–Crippen MR) is 178 cm³/mol. The molecule has 2 aliphatic heterocycles. The molecule has 0 N–H and O–H groups in total. The second-order valence-electron chi connectivity index (χ2n) is 11.4. The summed E-state index contributed by atoms with van der Waals surface area (Å²) in [6, 6.07) is 30.9. The average molecular weight is 614 g/mol. The van der Waals surface area contributed by atoms with Crippen molar-refractivity contribution >= 4 is 23.3 Å². The van der Waals surface area contributed by atoms with Crippen LogP contribution in [0.4, 0.5) is 11.5 Å². The van der Waals surface area contributed by atoms with Crippen molar-refractivity contribution in [3.63, 3.8) is 0 Å². The zero-order valence-electron chi connectivity index (χ0n) is 25.9. The lowest BCUT2D eigenvalue weighted by Crippen LogP contribution is -2.49. The SMILES string of the molecule is COc1ccccc1-c1ccc(C(=O)N2Cc3ccc(C(=O)N4CCN(c5ccccn5)CC4)n3Cc3ccccc32)cc1OC. The van der Waals surface area contributed by atoms with Crippen molar-refractivity contribution in [1.82, 2.24) is 14.5 Å². The quantitative estimate of drug-likeness (QED) is 0.243. The number of anilines is 2. The van der Waals surface area contributed by atoms with Gasteiger partial charge in [0.2, 0.25) is 0 Å². The van der Waals surface area contributed by atoms with Crippen LogP contribution in [0, 0.1) is 0 Å². The van der Waals surface area contributed by atoms with Crippen molar-refractivity contribution in [2.75, 3.05) is 50.2 Å². The molecule has 9 nitrogen and oxygen atoms in total. The van der Waals surface area contributed by atoms with E-state index in [4.69, 9.17) is 9.47 Å². The first kappa shape index (κ1) is 29.2. The van der Waals surface area contributed by atoms with E-state index >= 15 is 0 Å². The van der Waals surface area contributed by atoms with E-state index in [0.29, 0.717) is 43.2 Å². The number of carbonyl (C=O) groups is 2. The molecule has 5 aromatic rings. The van der Waals surface area contributed by atoms with Crippen LogP contribution < -0.4 is 19.3 Å². The number of rotatable bonds is 6. The highest BCUT2D eigenvalue weighted by Crippen LogP contribution is 2.38. The number of nitrogens with zero attached hydrogens (tertiary/aromatic N) is 5. The summed E-state index contributed by atoms with van der Waals surface area (Å²) in [5.74, 6) is 2.09. The van der Waals surface area contributed by atoms with Crippen molar-refractivity contribution in [2.45, 2.75) is 13.1 Å². The molecular weight excluding hydrogens is 578 g/mol. The second kappa shape index (κ2) is 12.4. The number of pyridine rings is 1. The summed E-state index contributed by atoms with van der Waals surface area (Å²) in [7, 11) is 3.24. The summed E-state index contributed by atoms with van der Waals surface area (Å²) in [6.07, 6.45) is 1.79. The van der Waals surface area contributed by atoms with Crippen LogP contribution >= 0.6 is 0 Å². The van der Waals surface area contributed by atoms with Gasteiger partial charge in [-0.15, -0.1) is 0 Å². The number of hydrogen-bond donors (Lipinski definition) is 0. The van der Waals surface area contributed by atoms with Gasteiger partial charge in [-0.05, 0) is 60.2 Å². The normalized spacial score (nSPS) is 14.3. The van der Waals surface area contributed by atoms with Gasteiger partial charge < -0.3 is 28.7 Å². The van der Waals surface area contributed by atoms with E-state index in [-0.39, 0.29) is 11.8 Å². The first-order valence-electron chi connectivity index (χ1n) is 15.4. The Kier molecular flexibility index (Phi) is 7.88. The third-order valence-corrected chi connectivity index (χ3v) is 8.85. The van der Waals surface area contributed by atoms with Gasteiger partial charge in [-0.2, -0.15) is 0 Å². The standard InChI is InChI=1S/C37H35N5O4/c1-45-33-12-6-4-10-29(33)30-16-14-26(23-34(30)46-2)36(43)42-25-28-15-17-32(41(28)24-27-9-3-5-11-31(27)42)37(44)40-21-19-39(20-22-40)35-13-7-8-18-38-35/h3-18,23H,19-22,24-25H2,1-2H3. The molecule has 7 rings (SSSR count). The Morgan fingerprint density at radius 3 is 2.22 bits per heavy atom. The number of aromatic nitrogens is 2. The fraction of sp³-hybridized carbons (Fsp3) is 0.216. The molecule has 3 aromatic carbocycles.